The van der Waals surface area contributed by atoms with E-state index < -0.39 is 0 Å². The van der Waals surface area contributed by atoms with Gasteiger partial charge in [0, 0.05) is 54.5 Å². The zero-order valence-electron chi connectivity index (χ0n) is 28.4. The predicted octanol–water partition coefficient (Wildman–Crippen LogP) is 9.75. The van der Waals surface area contributed by atoms with Crippen LogP contribution in [0.3, 0.4) is 0 Å². The van der Waals surface area contributed by atoms with Gasteiger partial charge in [0.25, 0.3) is 5.91 Å². The number of Topliss-reactive ketones (excluding diaryl/α,β-unsaturated/α-hetero) is 1. The Morgan fingerprint density at radius 2 is 1.44 bits per heavy atom. The molecule has 2 aromatic heterocycles. The molecular formula is C41H45N3O4. The molecule has 3 aliphatic rings. The Kier molecular flexibility index (Phi) is 9.10. The van der Waals surface area contributed by atoms with Crippen LogP contribution in [0.2, 0.25) is 0 Å². The number of benzene rings is 4. The molecule has 5 heterocycles. The minimum atomic E-state index is -0.312. The summed E-state index contributed by atoms with van der Waals surface area (Å²) in [4.78, 5) is 23.9. The van der Waals surface area contributed by atoms with Crippen LogP contribution in [0.25, 0.3) is 43.6 Å². The summed E-state index contributed by atoms with van der Waals surface area (Å²) in [5.74, 6) is 0.264. The van der Waals surface area contributed by atoms with Crippen molar-refractivity contribution in [1.29, 1.82) is 0 Å². The molecule has 248 valence electrons. The first-order valence-electron chi connectivity index (χ1n) is 16.6. The van der Waals surface area contributed by atoms with Crippen LogP contribution >= 0.6 is 0 Å². The number of fused-ring (bicyclic) bond motifs is 13. The highest BCUT2D eigenvalue weighted by molar-refractivity contribution is 6.30. The fraction of sp³-hybridized carbons (Fsp3) is 0.268. The first-order chi connectivity index (χ1) is 23.4. The Morgan fingerprint density at radius 3 is 2.02 bits per heavy atom. The van der Waals surface area contributed by atoms with E-state index in [1.165, 1.54) is 0 Å². The third-order valence-corrected chi connectivity index (χ3v) is 9.61. The van der Waals surface area contributed by atoms with Gasteiger partial charge in [-0.15, -0.1) is 13.2 Å². The van der Waals surface area contributed by atoms with Gasteiger partial charge in [-0.05, 0) is 31.5 Å². The molecule has 48 heavy (non-hydrogen) atoms. The number of carbonyl (C=O) groups is 2. The number of nitrogens with one attached hydrogen (secondary N) is 1. The van der Waals surface area contributed by atoms with E-state index in [0.29, 0.717) is 6.54 Å². The van der Waals surface area contributed by atoms with Crippen molar-refractivity contribution in [3.05, 3.63) is 121 Å². The van der Waals surface area contributed by atoms with Crippen LogP contribution < -0.4 is 5.32 Å². The summed E-state index contributed by atoms with van der Waals surface area (Å²) < 4.78 is 17.8. The standard InChI is InChI=1S/C29H25N3O3.C8H8O.C2H6.C2H4.H2/c1-14(2)17-12-21-31-19-10-6-5-9-16(19)23-24-18(13-30-28(24)33)22-15-8-4-7-11-20(15)32(25(22)26(23)31)29(35-21)27(17)34-3;1-7(9)8-5-3-2-4-6-8;2*1-2;/h4-11,17,21,27,29H,1,12-13H2,2-3H3,(H,30,33);2-6H,1H3;1-2H3;1-2H2;1H/t17-,21+,27+,29-;;;;/m0..../s1. The van der Waals surface area contributed by atoms with E-state index in [0.717, 1.165) is 72.3 Å². The number of hydrogen-bond acceptors (Lipinski definition) is 4. The van der Waals surface area contributed by atoms with Gasteiger partial charge in [-0.2, -0.15) is 0 Å². The van der Waals surface area contributed by atoms with Crippen LogP contribution in [0.1, 0.15) is 74.3 Å². The zero-order valence-corrected chi connectivity index (χ0v) is 28.4. The van der Waals surface area contributed by atoms with Crippen molar-refractivity contribution >= 4 is 55.3 Å². The Labute approximate surface area is 282 Å². The van der Waals surface area contributed by atoms with Crippen molar-refractivity contribution in [3.8, 4) is 0 Å². The monoisotopic (exact) mass is 643 g/mol. The lowest BCUT2D eigenvalue weighted by Gasteiger charge is -2.42. The molecule has 1 fully saturated rings. The van der Waals surface area contributed by atoms with E-state index >= 15 is 0 Å². The van der Waals surface area contributed by atoms with E-state index in [2.05, 4.69) is 89.6 Å². The maximum Gasteiger partial charge on any atom is 0.252 e. The third kappa shape index (κ3) is 4.88. The smallest absolute Gasteiger partial charge is 0.252 e. The molecule has 0 radical (unpaired) electrons. The Morgan fingerprint density at radius 1 is 0.875 bits per heavy atom. The van der Waals surface area contributed by atoms with Crippen molar-refractivity contribution in [2.75, 3.05) is 7.11 Å². The van der Waals surface area contributed by atoms with E-state index in [9.17, 15) is 9.59 Å². The van der Waals surface area contributed by atoms with Gasteiger partial charge in [0.05, 0.1) is 27.6 Å². The molecule has 9 rings (SSSR count). The molecule has 7 heteroatoms. The van der Waals surface area contributed by atoms with Crippen LogP contribution in [-0.2, 0) is 16.0 Å². The molecule has 2 bridgehead atoms. The number of methoxy groups -OCH3 is 1. The predicted molar refractivity (Wildman–Crippen MR) is 198 cm³/mol. The number of hydrogen-bond donors (Lipinski definition) is 1. The van der Waals surface area contributed by atoms with Gasteiger partial charge in [-0.25, -0.2) is 0 Å². The number of carbonyl (C=O) groups excluding carboxylic acids is 2. The molecule has 0 spiro atoms. The van der Waals surface area contributed by atoms with E-state index in [1.807, 2.05) is 44.2 Å². The highest BCUT2D eigenvalue weighted by atomic mass is 16.6. The van der Waals surface area contributed by atoms with Crippen molar-refractivity contribution in [3.63, 3.8) is 0 Å². The lowest BCUT2D eigenvalue weighted by Crippen LogP contribution is -2.41. The van der Waals surface area contributed by atoms with Crippen LogP contribution in [0.15, 0.2) is 104 Å². The lowest BCUT2D eigenvalue weighted by molar-refractivity contribution is -0.198. The van der Waals surface area contributed by atoms with Gasteiger partial charge in [-0.1, -0.05) is 92.7 Å². The highest BCUT2D eigenvalue weighted by Crippen LogP contribution is 2.53. The molecule has 7 nitrogen and oxygen atoms in total. The fourth-order valence-corrected chi connectivity index (χ4v) is 7.73. The average molecular weight is 644 g/mol. The maximum absolute atomic E-state index is 13.3. The van der Waals surface area contributed by atoms with Crippen molar-refractivity contribution in [2.45, 2.75) is 59.2 Å². The normalized spacial score (nSPS) is 20.1. The number of para-hydroxylation sites is 2. The van der Waals surface area contributed by atoms with Gasteiger partial charge < -0.3 is 23.9 Å². The third-order valence-electron chi connectivity index (χ3n) is 9.61. The zero-order chi connectivity index (χ0) is 34.3. The summed E-state index contributed by atoms with van der Waals surface area (Å²) >= 11 is 0. The summed E-state index contributed by atoms with van der Waals surface area (Å²) in [7, 11) is 1.77. The first kappa shape index (κ1) is 32.9. The van der Waals surface area contributed by atoms with Crippen LogP contribution in [-0.4, -0.2) is 34.0 Å². The number of ketones is 1. The number of amides is 1. The van der Waals surface area contributed by atoms with Gasteiger partial charge in [0.2, 0.25) is 0 Å². The molecule has 4 atom stereocenters. The van der Waals surface area contributed by atoms with Crippen LogP contribution in [0.5, 0.6) is 0 Å². The summed E-state index contributed by atoms with van der Waals surface area (Å²) in [5, 5.41) is 7.53. The Bertz CT molecular complexity index is 2200. The Balaban J connectivity index is 0.000000289. The molecule has 6 aromatic rings. The summed E-state index contributed by atoms with van der Waals surface area (Å²) in [6.45, 7) is 18.5. The van der Waals surface area contributed by atoms with E-state index in [-0.39, 0.29) is 37.6 Å². The number of aromatic nitrogens is 2. The lowest BCUT2D eigenvalue weighted by atomic mass is 9.87. The molecule has 0 unspecified atom stereocenters. The second-order valence-electron chi connectivity index (χ2n) is 12.1. The minimum Gasteiger partial charge on any atom is -0.376 e. The highest BCUT2D eigenvalue weighted by Gasteiger charge is 2.46. The molecular weight excluding hydrogens is 598 g/mol. The molecule has 1 amide bonds. The van der Waals surface area contributed by atoms with Gasteiger partial charge in [-0.3, -0.25) is 9.59 Å². The van der Waals surface area contributed by atoms with E-state index in [4.69, 9.17) is 9.47 Å². The number of ether oxygens (including phenoxy) is 2. The minimum absolute atomic E-state index is 0. The van der Waals surface area contributed by atoms with Gasteiger partial charge in [0.1, 0.15) is 12.3 Å². The summed E-state index contributed by atoms with van der Waals surface area (Å²) in [5.41, 5.74) is 8.17. The molecule has 1 saturated heterocycles. The van der Waals surface area contributed by atoms with Crippen molar-refractivity contribution in [2.24, 2.45) is 5.92 Å². The first-order valence-corrected chi connectivity index (χ1v) is 16.6. The maximum atomic E-state index is 13.3. The van der Waals surface area contributed by atoms with Crippen LogP contribution in [0.4, 0.5) is 0 Å². The quantitative estimate of drug-likeness (QED) is 0.154. The van der Waals surface area contributed by atoms with Crippen LogP contribution in [0, 0.1) is 5.92 Å². The SMILES string of the molecule is C=C.C=C(C)[C@@H]1C[C@H]2O[C@@H]([C@@H]1OC)n1c3ccccc3c3c4c(c5c6ccccc6n2c5c31)C(=O)NC4.CC.CC(=O)c1ccccc1.[HH]. The second-order valence-corrected chi connectivity index (χ2v) is 12.1. The molecule has 0 aliphatic carbocycles. The average Bonchev–Trinajstić information content (AvgIpc) is 3.77. The second kappa shape index (κ2) is 13.3. The van der Waals surface area contributed by atoms with E-state index in [1.54, 1.807) is 14.0 Å². The fourth-order valence-electron chi connectivity index (χ4n) is 7.73. The van der Waals surface area contributed by atoms with Crippen molar-refractivity contribution < 1.29 is 20.5 Å². The topological polar surface area (TPSA) is 74.5 Å². The molecule has 4 aromatic carbocycles. The summed E-state index contributed by atoms with van der Waals surface area (Å²) in [6, 6.07) is 26.1. The Hall–Kier alpha value is -4.98. The van der Waals surface area contributed by atoms with Gasteiger partial charge in [0.15, 0.2) is 12.0 Å². The largest absolute Gasteiger partial charge is 0.376 e. The molecule has 1 N–H and O–H groups in total. The van der Waals surface area contributed by atoms with Gasteiger partial charge >= 0.3 is 0 Å². The van der Waals surface area contributed by atoms with Crippen molar-refractivity contribution in [1.82, 2.24) is 14.5 Å². The molecule has 3 aliphatic heterocycles. The molecule has 0 saturated carbocycles. The number of nitrogens with zero attached hydrogens (tertiary/aromatic N) is 2. The summed E-state index contributed by atoms with van der Waals surface area (Å²) in [6.07, 6.45) is 0.0976. The number of rotatable bonds is 3.